The Morgan fingerprint density at radius 1 is 1.33 bits per heavy atom. The van der Waals surface area contributed by atoms with Crippen LogP contribution in [0.25, 0.3) is 0 Å². The Morgan fingerprint density at radius 3 is 2.46 bits per heavy atom. The van der Waals surface area contributed by atoms with E-state index in [-0.39, 0.29) is 28.1 Å². The second-order valence-corrected chi connectivity index (χ2v) is 8.04. The number of hydrogen-bond donors (Lipinski definition) is 0. The Morgan fingerprint density at radius 2 is 1.96 bits per heavy atom. The lowest BCUT2D eigenvalue weighted by Gasteiger charge is -2.22. The van der Waals surface area contributed by atoms with Crippen molar-refractivity contribution >= 4 is 31.9 Å². The summed E-state index contributed by atoms with van der Waals surface area (Å²) in [4.78, 5) is 13.3. The van der Waals surface area contributed by atoms with Crippen molar-refractivity contribution in [1.82, 2.24) is 9.21 Å². The van der Waals surface area contributed by atoms with Crippen molar-refractivity contribution in [3.8, 4) is 0 Å². The monoisotopic (exact) mass is 428 g/mol. The van der Waals surface area contributed by atoms with Crippen molar-refractivity contribution < 1.29 is 26.7 Å². The van der Waals surface area contributed by atoms with E-state index in [2.05, 4.69) is 15.9 Å². The van der Waals surface area contributed by atoms with Gasteiger partial charge in [-0.15, -0.1) is 0 Å². The van der Waals surface area contributed by atoms with Gasteiger partial charge < -0.3 is 9.64 Å². The first-order chi connectivity index (χ1) is 11.1. The zero-order valence-corrected chi connectivity index (χ0v) is 15.9. The van der Waals surface area contributed by atoms with E-state index in [0.29, 0.717) is 0 Å². The number of nitrogens with zero attached hydrogens (tertiary/aromatic N) is 2. The van der Waals surface area contributed by atoms with E-state index < -0.39 is 28.9 Å². The Labute approximate surface area is 148 Å². The van der Waals surface area contributed by atoms with E-state index in [1.54, 1.807) is 0 Å². The number of benzene rings is 1. The molecule has 24 heavy (non-hydrogen) atoms. The van der Waals surface area contributed by atoms with E-state index in [1.165, 1.54) is 39.4 Å². The van der Waals surface area contributed by atoms with Crippen molar-refractivity contribution in [2.24, 2.45) is 0 Å². The minimum Gasteiger partial charge on any atom is -0.383 e. The van der Waals surface area contributed by atoms with Crippen LogP contribution in [0.2, 0.25) is 0 Å². The van der Waals surface area contributed by atoms with Gasteiger partial charge in [0.25, 0.3) is 12.3 Å². The highest BCUT2D eigenvalue weighted by Crippen LogP contribution is 2.26. The first-order valence-electron chi connectivity index (χ1n) is 6.89. The van der Waals surface area contributed by atoms with E-state index in [1.807, 2.05) is 0 Å². The number of ether oxygens (including phenoxy) is 1. The summed E-state index contributed by atoms with van der Waals surface area (Å²) in [7, 11) is 0.327. The van der Waals surface area contributed by atoms with Crippen LogP contribution in [0.4, 0.5) is 8.78 Å². The molecule has 0 fully saturated rings. The highest BCUT2D eigenvalue weighted by molar-refractivity contribution is 9.10. The Hall–Kier alpha value is -1.10. The second-order valence-electron chi connectivity index (χ2n) is 5.07. The molecule has 0 radical (unpaired) electrons. The normalized spacial score (nSPS) is 12.0. The lowest BCUT2D eigenvalue weighted by Crippen LogP contribution is -2.37. The number of halogens is 3. The number of carbonyl (C=O) groups is 1. The maximum absolute atomic E-state index is 12.7. The number of alkyl halides is 2. The predicted molar refractivity (Wildman–Crippen MR) is 88.8 cm³/mol. The molecule has 1 amide bonds. The van der Waals surface area contributed by atoms with Crippen LogP contribution in [0, 0.1) is 0 Å². The third-order valence-corrected chi connectivity index (χ3v) is 5.96. The number of rotatable bonds is 8. The van der Waals surface area contributed by atoms with Gasteiger partial charge in [-0.2, -0.15) is 0 Å². The molecule has 0 spiro atoms. The molecule has 0 heterocycles. The van der Waals surface area contributed by atoms with Crippen LogP contribution in [0.3, 0.4) is 0 Å². The van der Waals surface area contributed by atoms with Crippen molar-refractivity contribution in [3.63, 3.8) is 0 Å². The molecule has 0 aliphatic rings. The SMILES string of the molecule is COCCN(CC(F)F)C(=O)c1ccc(Br)c(S(=O)(=O)N(C)C)c1. The van der Waals surface area contributed by atoms with Crippen molar-refractivity contribution in [3.05, 3.63) is 28.2 Å². The largest absolute Gasteiger partial charge is 0.383 e. The van der Waals surface area contributed by atoms with E-state index >= 15 is 0 Å². The lowest BCUT2D eigenvalue weighted by molar-refractivity contribution is 0.0478. The molecule has 0 saturated carbocycles. The highest BCUT2D eigenvalue weighted by Gasteiger charge is 2.25. The fourth-order valence-corrected chi connectivity index (χ4v) is 3.70. The maximum atomic E-state index is 12.7. The Bertz CT molecular complexity index is 683. The van der Waals surface area contributed by atoms with Gasteiger partial charge in [0.1, 0.15) is 0 Å². The molecule has 1 aromatic carbocycles. The maximum Gasteiger partial charge on any atom is 0.255 e. The molecule has 6 nitrogen and oxygen atoms in total. The lowest BCUT2D eigenvalue weighted by atomic mass is 10.2. The first-order valence-corrected chi connectivity index (χ1v) is 9.13. The predicted octanol–water partition coefficient (Wildman–Crippen LogP) is 2.05. The van der Waals surface area contributed by atoms with Crippen LogP contribution in [0.1, 0.15) is 10.4 Å². The van der Waals surface area contributed by atoms with Crippen LogP contribution in [0.15, 0.2) is 27.6 Å². The number of methoxy groups -OCH3 is 1. The molecule has 0 bridgehead atoms. The van der Waals surface area contributed by atoms with Crippen LogP contribution in [-0.2, 0) is 14.8 Å². The summed E-state index contributed by atoms with van der Waals surface area (Å²) in [6, 6.07) is 3.96. The van der Waals surface area contributed by atoms with Crippen LogP contribution in [0.5, 0.6) is 0 Å². The summed E-state index contributed by atoms with van der Waals surface area (Å²) in [5.41, 5.74) is 0.00961. The van der Waals surface area contributed by atoms with Crippen molar-refractivity contribution in [1.29, 1.82) is 0 Å². The number of carbonyl (C=O) groups excluding carboxylic acids is 1. The molecule has 0 aliphatic carbocycles. The van der Waals surface area contributed by atoms with Crippen LogP contribution < -0.4 is 0 Å². The molecule has 0 aliphatic heterocycles. The van der Waals surface area contributed by atoms with Gasteiger partial charge >= 0.3 is 0 Å². The molecular weight excluding hydrogens is 410 g/mol. The summed E-state index contributed by atoms with van der Waals surface area (Å²) < 4.78 is 56.0. The fraction of sp³-hybridized carbons (Fsp3) is 0.500. The summed E-state index contributed by atoms with van der Waals surface area (Å²) in [6.07, 6.45) is -2.70. The third kappa shape index (κ3) is 5.20. The molecular formula is C14H19BrF2N2O4S. The molecule has 0 unspecified atom stereocenters. The minimum atomic E-state index is -3.79. The molecule has 0 atom stereocenters. The number of hydrogen-bond acceptors (Lipinski definition) is 4. The number of amides is 1. The highest BCUT2D eigenvalue weighted by atomic mass is 79.9. The summed E-state index contributed by atoms with van der Waals surface area (Å²) in [5, 5.41) is 0. The second kappa shape index (κ2) is 8.84. The molecule has 136 valence electrons. The van der Waals surface area contributed by atoms with E-state index in [0.717, 1.165) is 9.21 Å². The molecule has 1 aromatic rings. The molecule has 1 rings (SSSR count). The van der Waals surface area contributed by atoms with Gasteiger partial charge in [-0.3, -0.25) is 4.79 Å². The van der Waals surface area contributed by atoms with Crippen molar-refractivity contribution in [2.75, 3.05) is 40.9 Å². The summed E-state index contributed by atoms with van der Waals surface area (Å²) in [5.74, 6) is -0.685. The van der Waals surface area contributed by atoms with Gasteiger partial charge in [-0.25, -0.2) is 21.5 Å². The van der Waals surface area contributed by atoms with Gasteiger partial charge in [0.15, 0.2) is 0 Å². The zero-order valence-electron chi connectivity index (χ0n) is 13.5. The number of sulfonamides is 1. The van der Waals surface area contributed by atoms with Gasteiger partial charge in [0.2, 0.25) is 10.0 Å². The molecule has 0 N–H and O–H groups in total. The molecule has 0 aromatic heterocycles. The quantitative estimate of drug-likeness (QED) is 0.635. The van der Waals surface area contributed by atoms with Gasteiger partial charge in [-0.05, 0) is 34.1 Å². The summed E-state index contributed by atoms with van der Waals surface area (Å²) in [6.45, 7) is -0.683. The van der Waals surface area contributed by atoms with E-state index in [4.69, 9.17) is 4.74 Å². The minimum absolute atomic E-state index is 0.00961. The van der Waals surface area contributed by atoms with Gasteiger partial charge in [-0.1, -0.05) is 0 Å². The van der Waals surface area contributed by atoms with Gasteiger partial charge in [0.05, 0.1) is 18.0 Å². The smallest absolute Gasteiger partial charge is 0.255 e. The van der Waals surface area contributed by atoms with E-state index in [9.17, 15) is 22.0 Å². The van der Waals surface area contributed by atoms with Crippen LogP contribution >= 0.6 is 15.9 Å². The first kappa shape index (κ1) is 20.9. The average Bonchev–Trinajstić information content (AvgIpc) is 2.50. The molecule has 10 heteroatoms. The summed E-state index contributed by atoms with van der Waals surface area (Å²) >= 11 is 3.13. The zero-order chi connectivity index (χ0) is 18.5. The fourth-order valence-electron chi connectivity index (χ4n) is 1.86. The topological polar surface area (TPSA) is 66.9 Å². The van der Waals surface area contributed by atoms with Crippen LogP contribution in [-0.4, -0.2) is 70.9 Å². The standard InChI is InChI=1S/C14H19BrF2N2O4S/c1-18(2)24(21,22)12-8-10(4-5-11(12)15)14(20)19(6-7-23-3)9-13(16)17/h4-5,8,13H,6-7,9H2,1-3H3. The molecule has 0 saturated heterocycles. The Balaban J connectivity index is 3.22. The Kier molecular flexibility index (Phi) is 7.71. The average molecular weight is 429 g/mol. The van der Waals surface area contributed by atoms with Crippen molar-refractivity contribution in [2.45, 2.75) is 11.3 Å². The van der Waals surface area contributed by atoms with Gasteiger partial charge in [0, 0.05) is 37.8 Å². The third-order valence-electron chi connectivity index (χ3n) is 3.15.